The SMILES string of the molecule is CC1CCN(S(=O)(=O)N[C@@H]2COC[C@H]2Cc2ccncc2)CC1. The van der Waals surface area contributed by atoms with Crippen molar-refractivity contribution >= 4 is 10.2 Å². The molecule has 128 valence electrons. The van der Waals surface area contributed by atoms with Gasteiger partial charge < -0.3 is 4.74 Å². The molecule has 2 saturated heterocycles. The molecule has 2 atom stereocenters. The summed E-state index contributed by atoms with van der Waals surface area (Å²) in [5, 5.41) is 0. The highest BCUT2D eigenvalue weighted by molar-refractivity contribution is 7.87. The minimum atomic E-state index is -3.42. The van der Waals surface area contributed by atoms with Crippen LogP contribution in [0.1, 0.15) is 25.3 Å². The van der Waals surface area contributed by atoms with Gasteiger partial charge in [-0.2, -0.15) is 17.4 Å². The highest BCUT2D eigenvalue weighted by atomic mass is 32.2. The first-order valence-corrected chi connectivity index (χ1v) is 9.72. The predicted octanol–water partition coefficient (Wildman–Crippen LogP) is 1.21. The van der Waals surface area contributed by atoms with Gasteiger partial charge >= 0.3 is 0 Å². The molecule has 0 bridgehead atoms. The first-order valence-electron chi connectivity index (χ1n) is 8.28. The average molecular weight is 339 g/mol. The van der Waals surface area contributed by atoms with Crippen LogP contribution in [-0.2, 0) is 21.4 Å². The Bertz CT molecular complexity index is 600. The van der Waals surface area contributed by atoms with Crippen molar-refractivity contribution in [3.63, 3.8) is 0 Å². The topological polar surface area (TPSA) is 71.5 Å². The van der Waals surface area contributed by atoms with Crippen molar-refractivity contribution in [2.75, 3.05) is 26.3 Å². The van der Waals surface area contributed by atoms with E-state index < -0.39 is 10.2 Å². The van der Waals surface area contributed by atoms with Gasteiger partial charge in [-0.1, -0.05) is 6.92 Å². The molecule has 0 aliphatic carbocycles. The van der Waals surface area contributed by atoms with Crippen LogP contribution in [0.25, 0.3) is 0 Å². The molecule has 1 aromatic rings. The van der Waals surface area contributed by atoms with Crippen molar-refractivity contribution in [1.82, 2.24) is 14.0 Å². The molecule has 2 aliphatic rings. The summed E-state index contributed by atoms with van der Waals surface area (Å²) in [6.45, 7) is 4.43. The number of ether oxygens (including phenoxy) is 1. The number of aromatic nitrogens is 1. The minimum Gasteiger partial charge on any atom is -0.379 e. The Morgan fingerprint density at radius 2 is 1.96 bits per heavy atom. The van der Waals surface area contributed by atoms with Crippen molar-refractivity contribution in [1.29, 1.82) is 0 Å². The second kappa shape index (κ2) is 7.25. The van der Waals surface area contributed by atoms with Gasteiger partial charge in [0.2, 0.25) is 0 Å². The van der Waals surface area contributed by atoms with Gasteiger partial charge in [0.25, 0.3) is 10.2 Å². The van der Waals surface area contributed by atoms with Gasteiger partial charge in [0.05, 0.1) is 19.3 Å². The number of hydrogen-bond acceptors (Lipinski definition) is 4. The molecule has 0 amide bonds. The first-order chi connectivity index (χ1) is 11.0. The number of nitrogens with one attached hydrogen (secondary N) is 1. The van der Waals surface area contributed by atoms with E-state index >= 15 is 0 Å². The standard InChI is InChI=1S/C16H25N3O3S/c1-13-4-8-19(9-5-13)23(20,21)18-16-12-22-11-15(16)10-14-2-6-17-7-3-14/h2-3,6-7,13,15-16,18H,4-5,8-12H2,1H3/t15-,16-/m1/s1. The van der Waals surface area contributed by atoms with Crippen LogP contribution in [0.15, 0.2) is 24.5 Å². The van der Waals surface area contributed by atoms with Gasteiger partial charge in [0.15, 0.2) is 0 Å². The maximum absolute atomic E-state index is 12.6. The highest BCUT2D eigenvalue weighted by Crippen LogP contribution is 2.22. The van der Waals surface area contributed by atoms with Crippen LogP contribution in [-0.4, -0.2) is 50.1 Å². The van der Waals surface area contributed by atoms with E-state index in [2.05, 4.69) is 16.6 Å². The Kier molecular flexibility index (Phi) is 5.31. The van der Waals surface area contributed by atoms with Crippen LogP contribution in [0, 0.1) is 11.8 Å². The molecule has 2 fully saturated rings. The largest absolute Gasteiger partial charge is 0.379 e. The van der Waals surface area contributed by atoms with E-state index in [1.54, 1.807) is 16.7 Å². The van der Waals surface area contributed by atoms with Gasteiger partial charge in [0.1, 0.15) is 0 Å². The van der Waals surface area contributed by atoms with Gasteiger partial charge in [0, 0.05) is 31.4 Å². The molecule has 3 heterocycles. The molecule has 0 saturated carbocycles. The lowest BCUT2D eigenvalue weighted by Gasteiger charge is -2.31. The Balaban J connectivity index is 1.61. The van der Waals surface area contributed by atoms with Gasteiger partial charge in [-0.15, -0.1) is 0 Å². The van der Waals surface area contributed by atoms with Crippen LogP contribution in [0.5, 0.6) is 0 Å². The number of pyridine rings is 1. The molecule has 0 unspecified atom stereocenters. The van der Waals surface area contributed by atoms with Gasteiger partial charge in [-0.25, -0.2) is 0 Å². The number of piperidine rings is 1. The molecular weight excluding hydrogens is 314 g/mol. The second-order valence-electron chi connectivity index (χ2n) is 6.67. The van der Waals surface area contributed by atoms with Crippen molar-refractivity contribution in [2.45, 2.75) is 32.2 Å². The number of hydrogen-bond donors (Lipinski definition) is 1. The highest BCUT2D eigenvalue weighted by Gasteiger charge is 2.35. The number of nitrogens with zero attached hydrogens (tertiary/aromatic N) is 2. The Labute approximate surface area is 138 Å². The maximum Gasteiger partial charge on any atom is 0.279 e. The van der Waals surface area contributed by atoms with Crippen LogP contribution >= 0.6 is 0 Å². The summed E-state index contributed by atoms with van der Waals surface area (Å²) in [6.07, 6.45) is 6.19. The van der Waals surface area contributed by atoms with E-state index in [1.165, 1.54) is 0 Å². The lowest BCUT2D eigenvalue weighted by Crippen LogP contribution is -2.50. The molecule has 1 aromatic heterocycles. The third-order valence-corrected chi connectivity index (χ3v) is 6.47. The molecule has 23 heavy (non-hydrogen) atoms. The molecule has 1 N–H and O–H groups in total. The summed E-state index contributed by atoms with van der Waals surface area (Å²) < 4.78 is 35.2. The quantitative estimate of drug-likeness (QED) is 0.875. The fourth-order valence-corrected chi connectivity index (χ4v) is 4.73. The zero-order valence-electron chi connectivity index (χ0n) is 13.5. The normalized spacial score (nSPS) is 27.3. The summed E-state index contributed by atoms with van der Waals surface area (Å²) in [4.78, 5) is 4.02. The van der Waals surface area contributed by atoms with Crippen LogP contribution in [0.2, 0.25) is 0 Å². The predicted molar refractivity (Wildman–Crippen MR) is 88.1 cm³/mol. The molecule has 3 rings (SSSR count). The summed E-state index contributed by atoms with van der Waals surface area (Å²) in [6, 6.07) is 3.78. The average Bonchev–Trinajstić information content (AvgIpc) is 2.95. The summed E-state index contributed by atoms with van der Waals surface area (Å²) in [7, 11) is -3.42. The van der Waals surface area contributed by atoms with Crippen LogP contribution < -0.4 is 4.72 Å². The van der Waals surface area contributed by atoms with Crippen molar-refractivity contribution in [3.05, 3.63) is 30.1 Å². The van der Waals surface area contributed by atoms with E-state index in [-0.39, 0.29) is 12.0 Å². The zero-order valence-corrected chi connectivity index (χ0v) is 14.3. The lowest BCUT2D eigenvalue weighted by molar-refractivity contribution is 0.183. The third kappa shape index (κ3) is 4.29. The van der Waals surface area contributed by atoms with E-state index in [4.69, 9.17) is 4.74 Å². The Hall–Kier alpha value is -1.02. The molecule has 0 radical (unpaired) electrons. The fraction of sp³-hybridized carbons (Fsp3) is 0.688. The van der Waals surface area contributed by atoms with Crippen molar-refractivity contribution < 1.29 is 13.2 Å². The molecule has 6 nitrogen and oxygen atoms in total. The van der Waals surface area contributed by atoms with E-state index in [9.17, 15) is 8.42 Å². The maximum atomic E-state index is 12.6. The summed E-state index contributed by atoms with van der Waals surface area (Å²) in [5.41, 5.74) is 1.16. The fourth-order valence-electron chi connectivity index (χ4n) is 3.24. The molecule has 0 aromatic carbocycles. The smallest absolute Gasteiger partial charge is 0.279 e. The van der Waals surface area contributed by atoms with E-state index in [0.717, 1.165) is 24.8 Å². The lowest BCUT2D eigenvalue weighted by atomic mass is 9.96. The van der Waals surface area contributed by atoms with Gasteiger partial charge in [-0.3, -0.25) is 4.98 Å². The van der Waals surface area contributed by atoms with Crippen molar-refractivity contribution in [3.8, 4) is 0 Å². The molecule has 0 spiro atoms. The van der Waals surface area contributed by atoms with Gasteiger partial charge in [-0.05, 0) is 42.9 Å². The monoisotopic (exact) mass is 339 g/mol. The minimum absolute atomic E-state index is 0.160. The third-order valence-electron chi connectivity index (χ3n) is 4.83. The second-order valence-corrected chi connectivity index (χ2v) is 8.37. The van der Waals surface area contributed by atoms with Crippen molar-refractivity contribution in [2.24, 2.45) is 11.8 Å². The summed E-state index contributed by atoms with van der Waals surface area (Å²) >= 11 is 0. The van der Waals surface area contributed by atoms with Crippen LogP contribution in [0.3, 0.4) is 0 Å². The summed E-state index contributed by atoms with van der Waals surface area (Å²) in [5.74, 6) is 0.770. The van der Waals surface area contributed by atoms with E-state index in [0.29, 0.717) is 32.2 Å². The Morgan fingerprint density at radius 3 is 2.65 bits per heavy atom. The Morgan fingerprint density at radius 1 is 1.26 bits per heavy atom. The molecule has 2 aliphatic heterocycles. The number of rotatable bonds is 5. The van der Waals surface area contributed by atoms with Crippen LogP contribution in [0.4, 0.5) is 0 Å². The molecular formula is C16H25N3O3S. The zero-order chi connectivity index (χ0) is 16.3. The molecule has 7 heteroatoms. The van der Waals surface area contributed by atoms with E-state index in [1.807, 2.05) is 12.1 Å². The first kappa shape index (κ1) is 16.8.